The minimum Gasteiger partial charge on any atom is -0.354 e. The van der Waals surface area contributed by atoms with Gasteiger partial charge in [0.05, 0.1) is 22.0 Å². The van der Waals surface area contributed by atoms with Crippen molar-refractivity contribution in [3.8, 4) is 0 Å². The number of carbonyl (C=O) groups is 2. The number of hydrogen-bond acceptors (Lipinski definition) is 4. The SMILES string of the molecule is CCCCNC(=O)C(CC)N(Cc1ccc(Cl)cc1)C(=O)CN(c1cccc(Cl)c1Cl)S(C)(=O)=O. The summed E-state index contributed by atoms with van der Waals surface area (Å²) in [6.45, 7) is 3.85. The van der Waals surface area contributed by atoms with Crippen molar-refractivity contribution in [2.24, 2.45) is 0 Å². The first-order valence-corrected chi connectivity index (χ1v) is 14.2. The van der Waals surface area contributed by atoms with E-state index in [0.29, 0.717) is 18.0 Å². The molecule has 0 fully saturated rings. The summed E-state index contributed by atoms with van der Waals surface area (Å²) >= 11 is 18.4. The Labute approximate surface area is 222 Å². The van der Waals surface area contributed by atoms with Gasteiger partial charge in [0.25, 0.3) is 0 Å². The Morgan fingerprint density at radius 2 is 1.69 bits per heavy atom. The van der Waals surface area contributed by atoms with E-state index in [9.17, 15) is 18.0 Å². The summed E-state index contributed by atoms with van der Waals surface area (Å²) in [4.78, 5) is 28.0. The van der Waals surface area contributed by atoms with Gasteiger partial charge in [0.2, 0.25) is 21.8 Å². The van der Waals surface area contributed by atoms with Crippen molar-refractivity contribution in [2.75, 3.05) is 23.7 Å². The van der Waals surface area contributed by atoms with Gasteiger partial charge in [-0.05, 0) is 42.7 Å². The molecule has 11 heteroatoms. The van der Waals surface area contributed by atoms with Gasteiger partial charge in [-0.25, -0.2) is 8.42 Å². The van der Waals surface area contributed by atoms with Crippen LogP contribution in [0.5, 0.6) is 0 Å². The highest BCUT2D eigenvalue weighted by molar-refractivity contribution is 7.92. The monoisotopic (exact) mass is 561 g/mol. The second-order valence-corrected chi connectivity index (χ2v) is 11.2. The Kier molecular flexibility index (Phi) is 11.1. The number of sulfonamides is 1. The van der Waals surface area contributed by atoms with Crippen molar-refractivity contribution in [3.05, 3.63) is 63.1 Å². The number of amides is 2. The fraction of sp³-hybridized carbons (Fsp3) is 0.417. The minimum atomic E-state index is -3.91. The zero-order chi connectivity index (χ0) is 26.2. The average molecular weight is 563 g/mol. The van der Waals surface area contributed by atoms with Crippen molar-refractivity contribution in [2.45, 2.75) is 45.7 Å². The van der Waals surface area contributed by atoms with Gasteiger partial charge in [0, 0.05) is 18.1 Å². The zero-order valence-electron chi connectivity index (χ0n) is 19.9. The summed E-state index contributed by atoms with van der Waals surface area (Å²) in [5.74, 6) is -0.853. The fourth-order valence-electron chi connectivity index (χ4n) is 3.49. The number of rotatable bonds is 12. The number of hydrogen-bond donors (Lipinski definition) is 1. The zero-order valence-corrected chi connectivity index (χ0v) is 23.0. The first-order chi connectivity index (χ1) is 16.5. The Hall–Kier alpha value is -2.00. The first kappa shape index (κ1) is 29.2. The van der Waals surface area contributed by atoms with Crippen LogP contribution in [0.15, 0.2) is 42.5 Å². The molecule has 0 heterocycles. The molecule has 35 heavy (non-hydrogen) atoms. The summed E-state index contributed by atoms with van der Waals surface area (Å²) in [6, 6.07) is 10.6. The molecule has 0 aliphatic carbocycles. The van der Waals surface area contributed by atoms with Crippen LogP contribution in [0.3, 0.4) is 0 Å². The molecule has 7 nitrogen and oxygen atoms in total. The molecule has 0 aliphatic rings. The molecule has 0 radical (unpaired) electrons. The largest absolute Gasteiger partial charge is 0.354 e. The lowest BCUT2D eigenvalue weighted by atomic mass is 10.1. The maximum atomic E-state index is 13.6. The van der Waals surface area contributed by atoms with Crippen LogP contribution < -0.4 is 9.62 Å². The van der Waals surface area contributed by atoms with Gasteiger partial charge in [-0.2, -0.15) is 0 Å². The number of nitrogens with zero attached hydrogens (tertiary/aromatic N) is 2. The molecule has 0 bridgehead atoms. The number of nitrogens with one attached hydrogen (secondary N) is 1. The maximum absolute atomic E-state index is 13.6. The number of halogens is 3. The van der Waals surface area contributed by atoms with Crippen LogP contribution in [0.2, 0.25) is 15.1 Å². The lowest BCUT2D eigenvalue weighted by Gasteiger charge is -2.33. The Balaban J connectivity index is 2.43. The van der Waals surface area contributed by atoms with E-state index in [1.165, 1.54) is 17.0 Å². The standard InChI is InChI=1S/C24H30Cl3N3O4S/c1-4-6-14-28-24(32)20(5-2)29(15-17-10-12-18(25)13-11-17)22(31)16-30(35(3,33)34)21-9-7-8-19(26)23(21)27/h7-13,20H,4-6,14-16H2,1-3H3,(H,28,32). The Morgan fingerprint density at radius 1 is 1.03 bits per heavy atom. The average Bonchev–Trinajstić information content (AvgIpc) is 2.80. The predicted molar refractivity (Wildman–Crippen MR) is 143 cm³/mol. The molecular weight excluding hydrogens is 533 g/mol. The highest BCUT2D eigenvalue weighted by Gasteiger charge is 2.32. The van der Waals surface area contributed by atoms with Gasteiger partial charge in [0.15, 0.2) is 0 Å². The van der Waals surface area contributed by atoms with Gasteiger partial charge in [0.1, 0.15) is 12.6 Å². The molecule has 0 saturated carbocycles. The van der Waals surface area contributed by atoms with Gasteiger partial charge in [-0.15, -0.1) is 0 Å². The van der Waals surface area contributed by atoms with Crippen molar-refractivity contribution < 1.29 is 18.0 Å². The molecule has 2 rings (SSSR count). The van der Waals surface area contributed by atoms with E-state index in [-0.39, 0.29) is 28.2 Å². The van der Waals surface area contributed by atoms with Crippen molar-refractivity contribution in [3.63, 3.8) is 0 Å². The normalized spacial score (nSPS) is 12.2. The number of carbonyl (C=O) groups excluding carboxylic acids is 2. The molecule has 1 atom stereocenters. The molecule has 0 aromatic heterocycles. The highest BCUT2D eigenvalue weighted by Crippen LogP contribution is 2.33. The van der Waals surface area contributed by atoms with E-state index in [4.69, 9.17) is 34.8 Å². The molecule has 0 aliphatic heterocycles. The van der Waals surface area contributed by atoms with Crippen LogP contribution in [0.25, 0.3) is 0 Å². The molecule has 2 aromatic rings. The molecule has 0 spiro atoms. The summed E-state index contributed by atoms with van der Waals surface area (Å²) in [5.41, 5.74) is 0.830. The second-order valence-electron chi connectivity index (χ2n) is 8.06. The first-order valence-electron chi connectivity index (χ1n) is 11.2. The van der Waals surface area contributed by atoms with Crippen LogP contribution in [-0.2, 0) is 26.2 Å². The lowest BCUT2D eigenvalue weighted by Crippen LogP contribution is -2.52. The lowest BCUT2D eigenvalue weighted by molar-refractivity contribution is -0.140. The highest BCUT2D eigenvalue weighted by atomic mass is 35.5. The third kappa shape index (κ3) is 8.27. The smallest absolute Gasteiger partial charge is 0.244 e. The molecule has 0 saturated heterocycles. The van der Waals surface area contributed by atoms with E-state index >= 15 is 0 Å². The van der Waals surface area contributed by atoms with Crippen LogP contribution in [-0.4, -0.2) is 50.5 Å². The molecule has 2 aromatic carbocycles. The maximum Gasteiger partial charge on any atom is 0.244 e. The third-order valence-corrected chi connectivity index (χ3v) is 7.55. The Morgan fingerprint density at radius 3 is 2.26 bits per heavy atom. The van der Waals surface area contributed by atoms with Gasteiger partial charge in [-0.3, -0.25) is 13.9 Å². The van der Waals surface area contributed by atoms with E-state index < -0.39 is 28.5 Å². The quantitative estimate of drug-likeness (QED) is 0.363. The van der Waals surface area contributed by atoms with Crippen molar-refractivity contribution >= 4 is 62.3 Å². The number of benzene rings is 2. The van der Waals surface area contributed by atoms with Crippen LogP contribution in [0.4, 0.5) is 5.69 Å². The predicted octanol–water partition coefficient (Wildman–Crippen LogP) is 5.14. The van der Waals surface area contributed by atoms with Crippen LogP contribution in [0, 0.1) is 0 Å². The van der Waals surface area contributed by atoms with Gasteiger partial charge in [-0.1, -0.05) is 73.3 Å². The Bertz CT molecular complexity index is 1130. The summed E-state index contributed by atoms with van der Waals surface area (Å²) in [6.07, 6.45) is 3.04. The van der Waals surface area contributed by atoms with Gasteiger partial charge >= 0.3 is 0 Å². The fourth-order valence-corrected chi connectivity index (χ4v) is 4.92. The van der Waals surface area contributed by atoms with Crippen LogP contribution in [0.1, 0.15) is 38.7 Å². The van der Waals surface area contributed by atoms with Crippen molar-refractivity contribution in [1.82, 2.24) is 10.2 Å². The second kappa shape index (κ2) is 13.3. The molecular formula is C24H30Cl3N3O4S. The van der Waals surface area contributed by atoms with E-state index in [0.717, 1.165) is 29.0 Å². The summed E-state index contributed by atoms with van der Waals surface area (Å²) < 4.78 is 26.2. The van der Waals surface area contributed by atoms with Crippen LogP contribution >= 0.6 is 34.8 Å². The molecule has 1 unspecified atom stereocenters. The van der Waals surface area contributed by atoms with Gasteiger partial charge < -0.3 is 10.2 Å². The van der Waals surface area contributed by atoms with E-state index in [1.54, 1.807) is 37.3 Å². The van der Waals surface area contributed by atoms with E-state index in [1.807, 2.05) is 6.92 Å². The topological polar surface area (TPSA) is 86.8 Å². The van der Waals surface area contributed by atoms with E-state index in [2.05, 4.69) is 5.32 Å². The molecule has 192 valence electrons. The number of unbranched alkanes of at least 4 members (excludes halogenated alkanes) is 1. The molecule has 1 N–H and O–H groups in total. The van der Waals surface area contributed by atoms with Crippen molar-refractivity contribution in [1.29, 1.82) is 0 Å². The molecule has 2 amide bonds. The number of anilines is 1. The third-order valence-electron chi connectivity index (χ3n) is 5.36. The summed E-state index contributed by atoms with van der Waals surface area (Å²) in [7, 11) is -3.91. The summed E-state index contributed by atoms with van der Waals surface area (Å²) in [5, 5.41) is 3.58. The minimum absolute atomic E-state index is 0.0148.